The van der Waals surface area contributed by atoms with Crippen LogP contribution in [0.5, 0.6) is 0 Å². The molecule has 4 rings (SSSR count). The van der Waals surface area contributed by atoms with Crippen molar-refractivity contribution in [3.05, 3.63) is 46.3 Å². The summed E-state index contributed by atoms with van der Waals surface area (Å²) in [5.74, 6) is 0.967. The van der Waals surface area contributed by atoms with Crippen molar-refractivity contribution in [1.82, 2.24) is 19.5 Å². The first-order chi connectivity index (χ1) is 13.0. The second-order valence-corrected chi connectivity index (χ2v) is 7.93. The maximum absolute atomic E-state index is 12.9. The Bertz CT molecular complexity index is 1010. The molecule has 1 amide bonds. The van der Waals surface area contributed by atoms with E-state index >= 15 is 0 Å². The zero-order valence-corrected chi connectivity index (χ0v) is 16.1. The first-order valence-corrected chi connectivity index (χ1v) is 9.76. The predicted molar refractivity (Wildman–Crippen MR) is 102 cm³/mol. The van der Waals surface area contributed by atoms with Crippen molar-refractivity contribution in [2.45, 2.75) is 26.3 Å². The molecule has 1 aliphatic rings. The van der Waals surface area contributed by atoms with Gasteiger partial charge in [0.1, 0.15) is 11.5 Å². The van der Waals surface area contributed by atoms with Gasteiger partial charge in [0.05, 0.1) is 12.8 Å². The summed E-state index contributed by atoms with van der Waals surface area (Å²) in [5.41, 5.74) is -0.224. The number of rotatable bonds is 4. The minimum absolute atomic E-state index is 0.214. The molecule has 0 aromatic carbocycles. The zero-order valence-electron chi connectivity index (χ0n) is 15.3. The van der Waals surface area contributed by atoms with E-state index in [1.54, 1.807) is 25.4 Å². The summed E-state index contributed by atoms with van der Waals surface area (Å²) in [6.45, 7) is 4.38. The van der Waals surface area contributed by atoms with Crippen LogP contribution >= 0.6 is 11.3 Å². The van der Waals surface area contributed by atoms with E-state index in [-0.39, 0.29) is 11.6 Å². The molecule has 0 aliphatic carbocycles. The van der Waals surface area contributed by atoms with E-state index in [4.69, 9.17) is 4.42 Å². The van der Waals surface area contributed by atoms with Crippen molar-refractivity contribution in [2.75, 3.05) is 25.0 Å². The fourth-order valence-electron chi connectivity index (χ4n) is 3.35. The Labute approximate surface area is 160 Å². The molecule has 1 fully saturated rings. The van der Waals surface area contributed by atoms with Crippen molar-refractivity contribution >= 4 is 27.3 Å². The quantitative estimate of drug-likeness (QED) is 0.683. The van der Waals surface area contributed by atoms with Gasteiger partial charge in [0.15, 0.2) is 0 Å². The van der Waals surface area contributed by atoms with Crippen molar-refractivity contribution in [3.63, 3.8) is 0 Å². The molecule has 0 spiro atoms. The van der Waals surface area contributed by atoms with Crippen LogP contribution in [-0.2, 0) is 6.54 Å². The molecule has 1 aliphatic heterocycles. The summed E-state index contributed by atoms with van der Waals surface area (Å²) in [7, 11) is 1.67. The van der Waals surface area contributed by atoms with Crippen LogP contribution in [0.2, 0.25) is 0 Å². The summed E-state index contributed by atoms with van der Waals surface area (Å²) in [6, 6.07) is 4.82. The van der Waals surface area contributed by atoms with Crippen LogP contribution in [-0.4, -0.2) is 45.5 Å². The van der Waals surface area contributed by atoms with Gasteiger partial charge in [-0.3, -0.25) is 9.59 Å². The van der Waals surface area contributed by atoms with Gasteiger partial charge in [-0.15, -0.1) is 5.10 Å². The van der Waals surface area contributed by atoms with Gasteiger partial charge in [-0.2, -0.15) is 9.50 Å². The third-order valence-corrected chi connectivity index (χ3v) is 5.68. The molecular weight excluding hydrogens is 366 g/mol. The third kappa shape index (κ3) is 3.59. The van der Waals surface area contributed by atoms with Gasteiger partial charge < -0.3 is 14.2 Å². The lowest BCUT2D eigenvalue weighted by Crippen LogP contribution is -2.34. The maximum Gasteiger partial charge on any atom is 0.274 e. The molecule has 27 heavy (non-hydrogen) atoms. The van der Waals surface area contributed by atoms with Crippen LogP contribution in [0.25, 0.3) is 4.96 Å². The van der Waals surface area contributed by atoms with Gasteiger partial charge in [0.25, 0.3) is 11.5 Å². The Kier molecular flexibility index (Phi) is 4.69. The number of nitrogens with zero attached hydrogens (tertiary/aromatic N) is 5. The summed E-state index contributed by atoms with van der Waals surface area (Å²) in [6.07, 6.45) is 3.88. The minimum atomic E-state index is -0.438. The molecule has 3 aromatic rings. The number of furan rings is 1. The first kappa shape index (κ1) is 17.7. The van der Waals surface area contributed by atoms with Crippen LogP contribution in [0.4, 0.5) is 5.13 Å². The third-order valence-electron chi connectivity index (χ3n) is 4.71. The van der Waals surface area contributed by atoms with Crippen LogP contribution in [0, 0.1) is 5.92 Å². The largest absolute Gasteiger partial charge is 0.467 e. The standard InChI is InChI=1S/C18H21N5O3S/c1-12-5-3-7-22(10-12)18-20-23-14(9-15(24)19-17(23)27-18)16(25)21(2)11-13-6-4-8-26-13/h4,6,8-9,12H,3,5,7,10-11H2,1-2H3. The van der Waals surface area contributed by atoms with E-state index in [1.807, 2.05) is 0 Å². The van der Waals surface area contributed by atoms with Gasteiger partial charge in [0, 0.05) is 26.2 Å². The number of carbonyl (C=O) groups is 1. The SMILES string of the molecule is CC1CCCN(c2nn3c(C(=O)N(C)Cc4ccco4)cc(=O)nc3s2)C1. The zero-order chi connectivity index (χ0) is 19.0. The van der Waals surface area contributed by atoms with Crippen molar-refractivity contribution in [3.8, 4) is 0 Å². The average molecular weight is 387 g/mol. The smallest absolute Gasteiger partial charge is 0.274 e. The van der Waals surface area contributed by atoms with Gasteiger partial charge >= 0.3 is 0 Å². The van der Waals surface area contributed by atoms with Gasteiger partial charge in [0.2, 0.25) is 10.1 Å². The fourth-order valence-corrected chi connectivity index (χ4v) is 4.29. The average Bonchev–Trinajstić information content (AvgIpc) is 3.29. The highest BCUT2D eigenvalue weighted by atomic mass is 32.1. The lowest BCUT2D eigenvalue weighted by atomic mass is 10.0. The Morgan fingerprint density at radius 3 is 3.07 bits per heavy atom. The van der Waals surface area contributed by atoms with Crippen LogP contribution in [0.3, 0.4) is 0 Å². The van der Waals surface area contributed by atoms with Gasteiger partial charge in [-0.1, -0.05) is 18.3 Å². The highest BCUT2D eigenvalue weighted by molar-refractivity contribution is 7.20. The second kappa shape index (κ2) is 7.15. The van der Waals surface area contributed by atoms with Crippen LogP contribution in [0.15, 0.2) is 33.7 Å². The molecule has 8 nitrogen and oxygen atoms in total. The van der Waals surface area contributed by atoms with E-state index in [2.05, 4.69) is 21.9 Å². The maximum atomic E-state index is 12.9. The van der Waals surface area contributed by atoms with E-state index < -0.39 is 5.56 Å². The molecule has 1 unspecified atom stereocenters. The van der Waals surface area contributed by atoms with Crippen LogP contribution in [0.1, 0.15) is 36.0 Å². The molecular formula is C18H21N5O3S. The Morgan fingerprint density at radius 1 is 1.48 bits per heavy atom. The molecule has 0 N–H and O–H groups in total. The lowest BCUT2D eigenvalue weighted by molar-refractivity contribution is 0.0766. The molecule has 0 saturated carbocycles. The molecule has 1 atom stereocenters. The normalized spacial score (nSPS) is 17.4. The molecule has 0 bridgehead atoms. The van der Waals surface area contributed by atoms with Crippen LogP contribution < -0.4 is 10.5 Å². The number of carbonyl (C=O) groups excluding carboxylic acids is 1. The molecule has 142 valence electrons. The number of fused-ring (bicyclic) bond motifs is 1. The second-order valence-electron chi connectivity index (χ2n) is 6.99. The summed E-state index contributed by atoms with van der Waals surface area (Å²) in [4.78, 5) is 33.1. The first-order valence-electron chi connectivity index (χ1n) is 8.95. The molecule has 3 aromatic heterocycles. The summed E-state index contributed by atoms with van der Waals surface area (Å²) >= 11 is 1.35. The monoisotopic (exact) mass is 387 g/mol. The number of aromatic nitrogens is 3. The number of anilines is 1. The minimum Gasteiger partial charge on any atom is -0.467 e. The molecule has 9 heteroatoms. The number of piperidine rings is 1. The highest BCUT2D eigenvalue weighted by Gasteiger charge is 2.23. The Balaban J connectivity index is 1.67. The summed E-state index contributed by atoms with van der Waals surface area (Å²) < 4.78 is 6.79. The topological polar surface area (TPSA) is 84.0 Å². The molecule has 4 heterocycles. The number of amides is 1. The lowest BCUT2D eigenvalue weighted by Gasteiger charge is -2.30. The fraction of sp³-hybridized carbons (Fsp3) is 0.444. The van der Waals surface area contributed by atoms with Gasteiger partial charge in [-0.25, -0.2) is 0 Å². The molecule has 1 saturated heterocycles. The van der Waals surface area contributed by atoms with Crippen molar-refractivity contribution in [2.24, 2.45) is 5.92 Å². The van der Waals surface area contributed by atoms with E-state index in [0.717, 1.165) is 24.6 Å². The molecule has 0 radical (unpaired) electrons. The Morgan fingerprint density at radius 2 is 2.33 bits per heavy atom. The van der Waals surface area contributed by atoms with E-state index in [0.29, 0.717) is 23.2 Å². The summed E-state index contributed by atoms with van der Waals surface area (Å²) in [5, 5.41) is 5.40. The van der Waals surface area contributed by atoms with Gasteiger partial charge in [-0.05, 0) is 30.9 Å². The number of hydrogen-bond acceptors (Lipinski definition) is 7. The van der Waals surface area contributed by atoms with E-state index in [9.17, 15) is 9.59 Å². The number of hydrogen-bond donors (Lipinski definition) is 0. The van der Waals surface area contributed by atoms with Crippen molar-refractivity contribution < 1.29 is 9.21 Å². The Hall–Kier alpha value is -2.68. The van der Waals surface area contributed by atoms with Crippen molar-refractivity contribution in [1.29, 1.82) is 0 Å². The highest BCUT2D eigenvalue weighted by Crippen LogP contribution is 2.27. The van der Waals surface area contributed by atoms with E-state index in [1.165, 1.54) is 33.2 Å². The predicted octanol–water partition coefficient (Wildman–Crippen LogP) is 2.25.